The highest BCUT2D eigenvalue weighted by atomic mass is 16.2. The lowest BCUT2D eigenvalue weighted by Gasteiger charge is -2.36. The molecule has 4 rings (SSSR count). The largest absolute Gasteiger partial charge is 0.339 e. The molecule has 0 bridgehead atoms. The Balaban J connectivity index is 1.33. The topological polar surface area (TPSA) is 65.9 Å². The van der Waals surface area contributed by atoms with Crippen molar-refractivity contribution in [3.8, 4) is 5.69 Å². The van der Waals surface area contributed by atoms with Gasteiger partial charge >= 0.3 is 0 Å². The molecule has 7 heteroatoms. The third-order valence-corrected chi connectivity index (χ3v) is 6.18. The number of nitrogens with zero attached hydrogens (tertiary/aromatic N) is 4. The number of carbonyl (C=O) groups excluding carboxylic acids is 3. The van der Waals surface area contributed by atoms with Crippen LogP contribution in [0.5, 0.6) is 0 Å². The molecule has 0 radical (unpaired) electrons. The first kappa shape index (κ1) is 21.2. The molecule has 0 saturated carbocycles. The minimum atomic E-state index is -0.282. The Labute approximate surface area is 183 Å². The first-order valence-electron chi connectivity index (χ1n) is 10.9. The van der Waals surface area contributed by atoms with Crippen LogP contribution in [0.15, 0.2) is 48.8 Å². The number of piperazine rings is 1. The van der Waals surface area contributed by atoms with Crippen molar-refractivity contribution >= 4 is 17.7 Å². The molecule has 2 fully saturated rings. The summed E-state index contributed by atoms with van der Waals surface area (Å²) in [6.45, 7) is 8.49. The average molecular weight is 423 g/mol. The lowest BCUT2D eigenvalue weighted by atomic mass is 10.1. The summed E-state index contributed by atoms with van der Waals surface area (Å²) in [5, 5.41) is 0. The second-order valence-corrected chi connectivity index (χ2v) is 9.33. The van der Waals surface area contributed by atoms with Crippen LogP contribution in [0.1, 0.15) is 37.6 Å². The van der Waals surface area contributed by atoms with E-state index in [1.807, 2.05) is 79.0 Å². The molecule has 2 aromatic rings. The zero-order valence-electron chi connectivity index (χ0n) is 18.5. The Bertz CT molecular complexity index is 952. The van der Waals surface area contributed by atoms with E-state index in [0.717, 1.165) is 5.69 Å². The Morgan fingerprint density at radius 1 is 0.903 bits per heavy atom. The summed E-state index contributed by atoms with van der Waals surface area (Å²) in [5.74, 6) is -0.220. The number of aromatic nitrogens is 1. The number of benzene rings is 1. The summed E-state index contributed by atoms with van der Waals surface area (Å²) in [6, 6.07) is 11.5. The number of carbonyl (C=O) groups is 3. The smallest absolute Gasteiger partial charge is 0.253 e. The highest BCUT2D eigenvalue weighted by Gasteiger charge is 2.41. The molecule has 1 aromatic carbocycles. The second kappa shape index (κ2) is 8.21. The molecule has 3 heterocycles. The van der Waals surface area contributed by atoms with Gasteiger partial charge in [0.25, 0.3) is 5.91 Å². The van der Waals surface area contributed by atoms with Crippen LogP contribution in [0.2, 0.25) is 0 Å². The summed E-state index contributed by atoms with van der Waals surface area (Å²) in [5.41, 5.74) is 1.39. The van der Waals surface area contributed by atoms with Gasteiger partial charge in [-0.15, -0.1) is 0 Å². The maximum atomic E-state index is 13.0. The van der Waals surface area contributed by atoms with Crippen molar-refractivity contribution in [3.63, 3.8) is 0 Å². The van der Waals surface area contributed by atoms with Gasteiger partial charge in [0.2, 0.25) is 11.8 Å². The average Bonchev–Trinajstić information content (AvgIpc) is 3.43. The summed E-state index contributed by atoms with van der Waals surface area (Å²) >= 11 is 0. The molecule has 2 aliphatic rings. The molecule has 0 aliphatic carbocycles. The zero-order chi connectivity index (χ0) is 22.2. The van der Waals surface area contributed by atoms with Crippen molar-refractivity contribution in [2.45, 2.75) is 32.7 Å². The standard InChI is InChI=1S/C24H30N4O3/c1-24(2,3)28-17-19(16-21(28)29)23(31)27-14-12-26(13-15-27)22(30)18-6-8-20(9-7-18)25-10-4-5-11-25/h4-11,19H,12-17H2,1-3H3. The van der Waals surface area contributed by atoms with Crippen molar-refractivity contribution in [1.82, 2.24) is 19.3 Å². The maximum Gasteiger partial charge on any atom is 0.253 e. The lowest BCUT2D eigenvalue weighted by molar-refractivity contribution is -0.137. The minimum Gasteiger partial charge on any atom is -0.339 e. The first-order valence-corrected chi connectivity index (χ1v) is 10.9. The Kier molecular flexibility index (Phi) is 5.60. The van der Waals surface area contributed by atoms with Crippen LogP contribution in [-0.2, 0) is 9.59 Å². The summed E-state index contributed by atoms with van der Waals surface area (Å²) in [6.07, 6.45) is 4.21. The molecule has 1 unspecified atom stereocenters. The monoisotopic (exact) mass is 422 g/mol. The molecule has 164 valence electrons. The molecule has 2 saturated heterocycles. The summed E-state index contributed by atoms with van der Waals surface area (Å²) < 4.78 is 1.99. The Morgan fingerprint density at radius 2 is 1.48 bits per heavy atom. The van der Waals surface area contributed by atoms with Crippen LogP contribution in [0.3, 0.4) is 0 Å². The highest BCUT2D eigenvalue weighted by molar-refractivity contribution is 5.95. The van der Waals surface area contributed by atoms with Gasteiger partial charge in [0.05, 0.1) is 5.92 Å². The van der Waals surface area contributed by atoms with E-state index >= 15 is 0 Å². The van der Waals surface area contributed by atoms with Gasteiger partial charge < -0.3 is 19.3 Å². The van der Waals surface area contributed by atoms with Crippen molar-refractivity contribution in [2.75, 3.05) is 32.7 Å². The van der Waals surface area contributed by atoms with E-state index in [1.165, 1.54) is 0 Å². The van der Waals surface area contributed by atoms with Crippen LogP contribution in [0, 0.1) is 5.92 Å². The molecule has 7 nitrogen and oxygen atoms in total. The van der Waals surface area contributed by atoms with E-state index in [0.29, 0.717) is 38.3 Å². The number of hydrogen-bond donors (Lipinski definition) is 0. The van der Waals surface area contributed by atoms with Crippen molar-refractivity contribution in [1.29, 1.82) is 0 Å². The van der Waals surface area contributed by atoms with E-state index in [2.05, 4.69) is 0 Å². The second-order valence-electron chi connectivity index (χ2n) is 9.33. The van der Waals surface area contributed by atoms with Gasteiger partial charge in [0, 0.05) is 68.3 Å². The molecule has 0 N–H and O–H groups in total. The normalized spacial score (nSPS) is 19.8. The minimum absolute atomic E-state index is 0.0129. The van der Waals surface area contributed by atoms with Gasteiger partial charge in [-0.05, 0) is 57.2 Å². The van der Waals surface area contributed by atoms with Gasteiger partial charge in [-0.2, -0.15) is 0 Å². The fourth-order valence-electron chi connectivity index (χ4n) is 4.37. The third kappa shape index (κ3) is 4.36. The van der Waals surface area contributed by atoms with Gasteiger partial charge in [-0.25, -0.2) is 0 Å². The summed E-state index contributed by atoms with van der Waals surface area (Å²) in [4.78, 5) is 43.6. The molecule has 1 aromatic heterocycles. The van der Waals surface area contributed by atoms with Crippen LogP contribution >= 0.6 is 0 Å². The number of amides is 3. The van der Waals surface area contributed by atoms with Gasteiger partial charge in [-0.1, -0.05) is 0 Å². The zero-order valence-corrected chi connectivity index (χ0v) is 18.5. The molecule has 0 spiro atoms. The van der Waals surface area contributed by atoms with E-state index in [9.17, 15) is 14.4 Å². The molecular formula is C24H30N4O3. The van der Waals surface area contributed by atoms with E-state index < -0.39 is 0 Å². The number of hydrogen-bond acceptors (Lipinski definition) is 3. The quantitative estimate of drug-likeness (QED) is 0.763. The van der Waals surface area contributed by atoms with Gasteiger partial charge in [-0.3, -0.25) is 14.4 Å². The SMILES string of the molecule is CC(C)(C)N1CC(C(=O)N2CCN(C(=O)c3ccc(-n4cccc4)cc3)CC2)CC1=O. The molecule has 3 amide bonds. The Hall–Kier alpha value is -3.09. The third-order valence-electron chi connectivity index (χ3n) is 6.18. The van der Waals surface area contributed by atoms with Crippen LogP contribution in [0.4, 0.5) is 0 Å². The maximum absolute atomic E-state index is 13.0. The first-order chi connectivity index (χ1) is 14.7. The van der Waals surface area contributed by atoms with Crippen molar-refractivity contribution in [2.24, 2.45) is 5.92 Å². The van der Waals surface area contributed by atoms with E-state index in [1.54, 1.807) is 9.80 Å². The van der Waals surface area contributed by atoms with E-state index in [-0.39, 0.29) is 35.6 Å². The van der Waals surface area contributed by atoms with Crippen LogP contribution in [0.25, 0.3) is 5.69 Å². The Morgan fingerprint density at radius 3 is 2.03 bits per heavy atom. The molecule has 2 aliphatic heterocycles. The predicted octanol–water partition coefficient (Wildman–Crippen LogP) is 2.41. The summed E-state index contributed by atoms with van der Waals surface area (Å²) in [7, 11) is 0. The fourth-order valence-corrected chi connectivity index (χ4v) is 4.37. The molecular weight excluding hydrogens is 392 g/mol. The van der Waals surface area contributed by atoms with Crippen molar-refractivity contribution in [3.05, 3.63) is 54.4 Å². The van der Waals surface area contributed by atoms with Crippen LogP contribution < -0.4 is 0 Å². The lowest BCUT2D eigenvalue weighted by Crippen LogP contribution is -2.52. The molecule has 1 atom stereocenters. The van der Waals surface area contributed by atoms with Gasteiger partial charge in [0.15, 0.2) is 0 Å². The van der Waals surface area contributed by atoms with Crippen LogP contribution in [-0.4, -0.2) is 75.3 Å². The van der Waals surface area contributed by atoms with Crippen molar-refractivity contribution < 1.29 is 14.4 Å². The van der Waals surface area contributed by atoms with E-state index in [4.69, 9.17) is 0 Å². The van der Waals surface area contributed by atoms with Gasteiger partial charge in [0.1, 0.15) is 0 Å². The fraction of sp³-hybridized carbons (Fsp3) is 0.458. The molecule has 31 heavy (non-hydrogen) atoms. The number of rotatable bonds is 3. The number of likely N-dealkylation sites (tertiary alicyclic amines) is 1. The highest BCUT2D eigenvalue weighted by Crippen LogP contribution is 2.27. The predicted molar refractivity (Wildman–Crippen MR) is 118 cm³/mol.